The van der Waals surface area contributed by atoms with E-state index in [1.165, 1.54) is 218 Å². The molecule has 6 heteroatoms. The van der Waals surface area contributed by atoms with Gasteiger partial charge in [-0.2, -0.15) is 0 Å². The Morgan fingerprint density at radius 1 is 0.263 bits per heavy atom. The first-order valence-electron chi connectivity index (χ1n) is 34.9. The number of carbonyl (C=O) groups is 3. The monoisotopic (exact) mass is 1120 g/mol. The topological polar surface area (TPSA) is 78.9 Å². The lowest BCUT2D eigenvalue weighted by atomic mass is 10.0. The van der Waals surface area contributed by atoms with E-state index in [4.69, 9.17) is 14.2 Å². The third kappa shape index (κ3) is 65.7. The van der Waals surface area contributed by atoms with Crippen LogP contribution in [0.15, 0.2) is 72.9 Å². The fourth-order valence-corrected chi connectivity index (χ4v) is 10.3. The zero-order chi connectivity index (χ0) is 57.8. The zero-order valence-electron chi connectivity index (χ0n) is 53.3. The van der Waals surface area contributed by atoms with Crippen molar-refractivity contribution in [3.05, 3.63) is 72.9 Å². The largest absolute Gasteiger partial charge is 0.462 e. The Hall–Kier alpha value is -3.15. The summed E-state index contributed by atoms with van der Waals surface area (Å²) in [5.74, 6) is -0.871. The maximum Gasteiger partial charge on any atom is 0.306 e. The summed E-state index contributed by atoms with van der Waals surface area (Å²) in [5, 5.41) is 0. The molecule has 0 aliphatic rings. The lowest BCUT2D eigenvalue weighted by molar-refractivity contribution is -0.167. The molecule has 0 fully saturated rings. The standard InChI is InChI=1S/C74H132O6/c1-4-7-10-13-16-18-20-22-24-26-28-30-32-34-36-38-39-41-43-45-47-49-51-53-55-58-61-64-67-73(76)79-70-71(69-78-72(75)66-63-60-57-15-12-9-6-3)80-74(77)68-65-62-59-56-54-52-50-48-46-44-42-40-37-35-33-31-29-27-25-23-21-19-17-14-11-8-5-2/h8,11,17,19,23,25,29,31,35,37,42,44,71H,4-7,9-10,12-16,18,20-22,24,26-28,30,32-34,36,38-41,43,45-70H2,1-3H3/b11-8-,19-17-,25-23-,31-29-,37-35-,44-42-. The first-order valence-corrected chi connectivity index (χ1v) is 34.9. The summed E-state index contributed by atoms with van der Waals surface area (Å²) < 4.78 is 16.9. The van der Waals surface area contributed by atoms with Gasteiger partial charge in [0.05, 0.1) is 0 Å². The minimum Gasteiger partial charge on any atom is -0.462 e. The summed E-state index contributed by atoms with van der Waals surface area (Å²) >= 11 is 0. The van der Waals surface area contributed by atoms with Crippen LogP contribution in [0, 0.1) is 0 Å². The molecule has 0 spiro atoms. The van der Waals surface area contributed by atoms with Crippen molar-refractivity contribution in [2.75, 3.05) is 13.2 Å². The average Bonchev–Trinajstić information content (AvgIpc) is 3.46. The van der Waals surface area contributed by atoms with Crippen molar-refractivity contribution in [1.29, 1.82) is 0 Å². The van der Waals surface area contributed by atoms with Crippen LogP contribution in [-0.2, 0) is 28.6 Å². The van der Waals surface area contributed by atoms with E-state index in [0.717, 1.165) is 103 Å². The molecule has 6 nitrogen and oxygen atoms in total. The van der Waals surface area contributed by atoms with Crippen LogP contribution in [0.5, 0.6) is 0 Å². The molecule has 80 heavy (non-hydrogen) atoms. The maximum absolute atomic E-state index is 12.9. The average molecular weight is 1120 g/mol. The molecule has 0 amide bonds. The minimum absolute atomic E-state index is 0.0745. The summed E-state index contributed by atoms with van der Waals surface area (Å²) in [5.41, 5.74) is 0. The Kier molecular flexibility index (Phi) is 65.7. The molecule has 0 aliphatic carbocycles. The van der Waals surface area contributed by atoms with E-state index in [0.29, 0.717) is 19.3 Å². The number of esters is 3. The summed E-state index contributed by atoms with van der Waals surface area (Å²) in [7, 11) is 0. The Labute approximate surface area is 497 Å². The second-order valence-electron chi connectivity index (χ2n) is 23.4. The van der Waals surface area contributed by atoms with E-state index < -0.39 is 6.10 Å². The number of carbonyl (C=O) groups excluding carboxylic acids is 3. The lowest BCUT2D eigenvalue weighted by Crippen LogP contribution is -2.30. The van der Waals surface area contributed by atoms with Crippen LogP contribution in [0.25, 0.3) is 0 Å². The molecular weight excluding hydrogens is 985 g/mol. The van der Waals surface area contributed by atoms with Crippen LogP contribution >= 0.6 is 0 Å². The Bertz CT molecular complexity index is 1470. The highest BCUT2D eigenvalue weighted by Gasteiger charge is 2.19. The van der Waals surface area contributed by atoms with Crippen molar-refractivity contribution in [2.24, 2.45) is 0 Å². The predicted octanol–water partition coefficient (Wildman–Crippen LogP) is 24.1. The zero-order valence-corrected chi connectivity index (χ0v) is 53.3. The fraction of sp³-hybridized carbons (Fsp3) is 0.797. The second-order valence-corrected chi connectivity index (χ2v) is 23.4. The molecule has 1 atom stereocenters. The molecule has 0 heterocycles. The third-order valence-electron chi connectivity index (χ3n) is 15.5. The molecule has 0 rings (SSSR count). The van der Waals surface area contributed by atoms with Gasteiger partial charge in [-0.1, -0.05) is 344 Å². The molecule has 0 aromatic heterocycles. The molecule has 0 aliphatic heterocycles. The molecule has 0 aromatic carbocycles. The summed E-state index contributed by atoms with van der Waals surface area (Å²) in [4.78, 5) is 38.2. The third-order valence-corrected chi connectivity index (χ3v) is 15.5. The summed E-state index contributed by atoms with van der Waals surface area (Å²) in [6.07, 6.45) is 89.6. The van der Waals surface area contributed by atoms with E-state index >= 15 is 0 Å². The molecule has 0 saturated heterocycles. The van der Waals surface area contributed by atoms with E-state index in [1.54, 1.807) is 0 Å². The lowest BCUT2D eigenvalue weighted by Gasteiger charge is -2.18. The highest BCUT2D eigenvalue weighted by atomic mass is 16.6. The van der Waals surface area contributed by atoms with Gasteiger partial charge in [-0.15, -0.1) is 0 Å². The van der Waals surface area contributed by atoms with E-state index in [9.17, 15) is 14.4 Å². The van der Waals surface area contributed by atoms with Crippen LogP contribution in [0.3, 0.4) is 0 Å². The molecule has 0 aromatic rings. The first-order chi connectivity index (χ1) is 39.5. The van der Waals surface area contributed by atoms with Crippen molar-refractivity contribution < 1.29 is 28.6 Å². The number of hydrogen-bond donors (Lipinski definition) is 0. The Morgan fingerprint density at radius 2 is 0.487 bits per heavy atom. The van der Waals surface area contributed by atoms with Crippen LogP contribution < -0.4 is 0 Å². The number of allylic oxidation sites excluding steroid dienone is 12. The van der Waals surface area contributed by atoms with Crippen LogP contribution in [0.2, 0.25) is 0 Å². The van der Waals surface area contributed by atoms with Crippen molar-refractivity contribution in [3.8, 4) is 0 Å². The molecule has 464 valence electrons. The highest BCUT2D eigenvalue weighted by Crippen LogP contribution is 2.18. The highest BCUT2D eigenvalue weighted by molar-refractivity contribution is 5.71. The van der Waals surface area contributed by atoms with E-state index in [-0.39, 0.29) is 31.1 Å². The number of rotatable bonds is 64. The van der Waals surface area contributed by atoms with Gasteiger partial charge in [-0.25, -0.2) is 0 Å². The van der Waals surface area contributed by atoms with Gasteiger partial charge in [-0.05, 0) is 70.6 Å². The van der Waals surface area contributed by atoms with Gasteiger partial charge in [0.2, 0.25) is 0 Å². The van der Waals surface area contributed by atoms with Crippen molar-refractivity contribution in [2.45, 2.75) is 367 Å². The molecule has 0 radical (unpaired) electrons. The number of unbranched alkanes of at least 4 members (excludes halogenated alkanes) is 41. The predicted molar refractivity (Wildman–Crippen MR) is 348 cm³/mol. The molecule has 1 unspecified atom stereocenters. The van der Waals surface area contributed by atoms with Gasteiger partial charge in [0, 0.05) is 19.3 Å². The van der Waals surface area contributed by atoms with Crippen molar-refractivity contribution >= 4 is 17.9 Å². The SMILES string of the molecule is CC/C=C\C/C=C\C/C=C\C/C=C\C/C=C\C/C=C\CCCCCCCCCCC(=O)OC(COC(=O)CCCCCCCCC)COC(=O)CCCCCCCCCCCCCCCCCCCCCCCCCCCCCC. The fourth-order valence-electron chi connectivity index (χ4n) is 10.3. The first kappa shape index (κ1) is 76.9. The summed E-state index contributed by atoms with van der Waals surface area (Å²) in [6, 6.07) is 0. The number of ether oxygens (including phenoxy) is 3. The van der Waals surface area contributed by atoms with Crippen LogP contribution in [-0.4, -0.2) is 37.2 Å². The molecule has 0 N–H and O–H groups in total. The minimum atomic E-state index is -0.777. The molecular formula is C74H132O6. The second kappa shape index (κ2) is 68.3. The van der Waals surface area contributed by atoms with Gasteiger partial charge in [0.25, 0.3) is 0 Å². The van der Waals surface area contributed by atoms with Gasteiger partial charge < -0.3 is 14.2 Å². The van der Waals surface area contributed by atoms with E-state index in [1.807, 2.05) is 0 Å². The number of hydrogen-bond acceptors (Lipinski definition) is 6. The van der Waals surface area contributed by atoms with Gasteiger partial charge >= 0.3 is 17.9 Å². The van der Waals surface area contributed by atoms with Crippen molar-refractivity contribution in [1.82, 2.24) is 0 Å². The van der Waals surface area contributed by atoms with Crippen molar-refractivity contribution in [3.63, 3.8) is 0 Å². The van der Waals surface area contributed by atoms with Gasteiger partial charge in [-0.3, -0.25) is 14.4 Å². The smallest absolute Gasteiger partial charge is 0.306 e. The molecule has 0 bridgehead atoms. The van der Waals surface area contributed by atoms with Crippen LogP contribution in [0.4, 0.5) is 0 Å². The van der Waals surface area contributed by atoms with Crippen LogP contribution in [0.1, 0.15) is 361 Å². The van der Waals surface area contributed by atoms with Gasteiger partial charge in [0.1, 0.15) is 13.2 Å². The normalized spacial score (nSPS) is 12.5. The van der Waals surface area contributed by atoms with E-state index in [2.05, 4.69) is 93.7 Å². The quantitative estimate of drug-likeness (QED) is 0.0261. The Balaban J connectivity index is 4.08. The molecule has 0 saturated carbocycles. The van der Waals surface area contributed by atoms with Gasteiger partial charge in [0.15, 0.2) is 6.10 Å². The Morgan fingerprint density at radius 3 is 0.762 bits per heavy atom. The maximum atomic E-state index is 12.9. The summed E-state index contributed by atoms with van der Waals surface area (Å²) in [6.45, 7) is 6.53.